The van der Waals surface area contributed by atoms with E-state index in [1.54, 1.807) is 17.8 Å². The molecule has 0 heterocycles. The van der Waals surface area contributed by atoms with Gasteiger partial charge in [-0.05, 0) is 38.5 Å². The highest BCUT2D eigenvalue weighted by Crippen LogP contribution is 2.31. The Bertz CT molecular complexity index is 470. The summed E-state index contributed by atoms with van der Waals surface area (Å²) in [6.45, 7) is 9.91. The molecule has 0 saturated carbocycles. The highest BCUT2D eigenvalue weighted by atomic mass is 32.2. The molecule has 1 aromatic carbocycles. The molecule has 1 nitrogen and oxygen atoms in total. The highest BCUT2D eigenvalue weighted by Gasteiger charge is 2.04. The maximum atomic E-state index is 5.92. The van der Waals surface area contributed by atoms with Crippen molar-refractivity contribution >= 4 is 11.8 Å². The van der Waals surface area contributed by atoms with Crippen molar-refractivity contribution in [3.8, 4) is 0 Å². The third-order valence-corrected chi connectivity index (χ3v) is 3.64. The van der Waals surface area contributed by atoms with E-state index < -0.39 is 0 Å². The lowest BCUT2D eigenvalue weighted by molar-refractivity contribution is 1.26. The second-order valence-corrected chi connectivity index (χ2v) is 4.98. The summed E-state index contributed by atoms with van der Waals surface area (Å²) in [6, 6.07) is 6.43. The van der Waals surface area contributed by atoms with E-state index in [4.69, 9.17) is 5.73 Å². The summed E-state index contributed by atoms with van der Waals surface area (Å²) in [4.78, 5) is 2.27. The van der Waals surface area contributed by atoms with Crippen molar-refractivity contribution in [2.75, 3.05) is 0 Å². The molecule has 1 rings (SSSR count). The van der Waals surface area contributed by atoms with E-state index in [2.05, 4.69) is 38.6 Å². The number of hydrogen-bond acceptors (Lipinski definition) is 2. The van der Waals surface area contributed by atoms with Crippen molar-refractivity contribution in [3.63, 3.8) is 0 Å². The van der Waals surface area contributed by atoms with Gasteiger partial charge in [-0.25, -0.2) is 0 Å². The van der Waals surface area contributed by atoms with Crippen LogP contribution in [0.5, 0.6) is 0 Å². The lowest BCUT2D eigenvalue weighted by Gasteiger charge is -2.08. The van der Waals surface area contributed by atoms with Crippen LogP contribution in [-0.4, -0.2) is 0 Å². The standard InChI is InChI=1S/C15H19NS/c1-5-7-15(13(16)6-2)17-14-9-8-11(3)10-12(14)4/h5-10H,2,16H2,1,3-4H3/b7-5-,15-13-. The number of nitrogens with two attached hydrogens (primary N) is 1. The van der Waals surface area contributed by atoms with Gasteiger partial charge >= 0.3 is 0 Å². The third-order valence-electron chi connectivity index (χ3n) is 2.37. The van der Waals surface area contributed by atoms with Gasteiger partial charge in [-0.3, -0.25) is 0 Å². The highest BCUT2D eigenvalue weighted by molar-refractivity contribution is 8.03. The first-order valence-corrected chi connectivity index (χ1v) is 6.40. The predicted octanol–water partition coefficient (Wildman–Crippen LogP) is 4.33. The first kappa shape index (κ1) is 13.7. The topological polar surface area (TPSA) is 26.0 Å². The van der Waals surface area contributed by atoms with Crippen LogP contribution in [-0.2, 0) is 0 Å². The zero-order chi connectivity index (χ0) is 12.8. The van der Waals surface area contributed by atoms with Gasteiger partial charge < -0.3 is 5.73 Å². The fourth-order valence-corrected chi connectivity index (χ4v) is 2.47. The van der Waals surface area contributed by atoms with Gasteiger partial charge in [0.25, 0.3) is 0 Å². The molecule has 0 spiro atoms. The van der Waals surface area contributed by atoms with Crippen LogP contribution in [0.3, 0.4) is 0 Å². The fraction of sp³-hybridized carbons (Fsp3) is 0.200. The summed E-state index contributed by atoms with van der Waals surface area (Å²) < 4.78 is 0. The van der Waals surface area contributed by atoms with Crippen molar-refractivity contribution in [1.29, 1.82) is 0 Å². The molecular formula is C15H19NS. The van der Waals surface area contributed by atoms with Gasteiger partial charge in [0, 0.05) is 15.5 Å². The Hall–Kier alpha value is -1.41. The quantitative estimate of drug-likeness (QED) is 0.631. The second kappa shape index (κ2) is 6.36. The SMILES string of the molecule is C=C/C(N)=C(\C=C/C)Sc1ccc(C)cc1C. The molecule has 0 radical (unpaired) electrons. The van der Waals surface area contributed by atoms with Crippen LogP contribution in [0.15, 0.2) is 58.5 Å². The smallest absolute Gasteiger partial charge is 0.0449 e. The normalized spacial score (nSPS) is 12.6. The number of rotatable bonds is 4. The average Bonchev–Trinajstić information content (AvgIpc) is 2.30. The molecule has 0 atom stereocenters. The van der Waals surface area contributed by atoms with E-state index in [1.807, 2.05) is 19.1 Å². The number of thioether (sulfide) groups is 1. The predicted molar refractivity (Wildman–Crippen MR) is 78.0 cm³/mol. The van der Waals surface area contributed by atoms with Crippen molar-refractivity contribution in [1.82, 2.24) is 0 Å². The number of benzene rings is 1. The lowest BCUT2D eigenvalue weighted by Crippen LogP contribution is -1.96. The van der Waals surface area contributed by atoms with Gasteiger partial charge in [0.1, 0.15) is 0 Å². The Morgan fingerprint density at radius 2 is 2.06 bits per heavy atom. The summed E-state index contributed by atoms with van der Waals surface area (Å²) >= 11 is 1.68. The van der Waals surface area contributed by atoms with E-state index in [1.165, 1.54) is 16.0 Å². The fourth-order valence-electron chi connectivity index (χ4n) is 1.47. The van der Waals surface area contributed by atoms with E-state index in [0.717, 1.165) is 4.91 Å². The Morgan fingerprint density at radius 1 is 1.35 bits per heavy atom. The van der Waals surface area contributed by atoms with Crippen molar-refractivity contribution in [3.05, 3.63) is 64.7 Å². The minimum atomic E-state index is 0.716. The van der Waals surface area contributed by atoms with Gasteiger partial charge in [0.05, 0.1) is 0 Å². The van der Waals surface area contributed by atoms with Crippen molar-refractivity contribution < 1.29 is 0 Å². The van der Waals surface area contributed by atoms with Gasteiger partial charge in [-0.2, -0.15) is 0 Å². The van der Waals surface area contributed by atoms with Crippen LogP contribution in [0.4, 0.5) is 0 Å². The Morgan fingerprint density at radius 3 is 2.59 bits per heavy atom. The molecular weight excluding hydrogens is 226 g/mol. The molecule has 0 unspecified atom stereocenters. The van der Waals surface area contributed by atoms with Crippen LogP contribution < -0.4 is 5.73 Å². The second-order valence-electron chi connectivity index (χ2n) is 3.89. The molecule has 0 aliphatic carbocycles. The first-order chi connectivity index (χ1) is 8.08. The van der Waals surface area contributed by atoms with Gasteiger partial charge in [0.15, 0.2) is 0 Å². The van der Waals surface area contributed by atoms with Crippen LogP contribution in [0, 0.1) is 13.8 Å². The molecule has 90 valence electrons. The summed E-state index contributed by atoms with van der Waals surface area (Å²) in [7, 11) is 0. The number of aryl methyl sites for hydroxylation is 2. The Balaban J connectivity index is 3.06. The molecule has 0 bridgehead atoms. The maximum absolute atomic E-state index is 5.92. The molecule has 0 saturated heterocycles. The first-order valence-electron chi connectivity index (χ1n) is 5.58. The molecule has 17 heavy (non-hydrogen) atoms. The maximum Gasteiger partial charge on any atom is 0.0449 e. The molecule has 0 aliphatic rings. The van der Waals surface area contributed by atoms with E-state index in [0.29, 0.717) is 5.70 Å². The van der Waals surface area contributed by atoms with Gasteiger partial charge in [0.2, 0.25) is 0 Å². The van der Waals surface area contributed by atoms with E-state index >= 15 is 0 Å². The molecule has 0 fully saturated rings. The molecule has 2 heteroatoms. The summed E-state index contributed by atoms with van der Waals surface area (Å²) in [6.07, 6.45) is 5.69. The summed E-state index contributed by atoms with van der Waals surface area (Å²) in [5.41, 5.74) is 9.19. The average molecular weight is 245 g/mol. The van der Waals surface area contributed by atoms with E-state index in [-0.39, 0.29) is 0 Å². The molecule has 1 aromatic rings. The number of allylic oxidation sites excluding steroid dienone is 3. The monoisotopic (exact) mass is 245 g/mol. The van der Waals surface area contributed by atoms with Crippen molar-refractivity contribution in [2.24, 2.45) is 5.73 Å². The van der Waals surface area contributed by atoms with Gasteiger partial charge in [-0.1, -0.05) is 48.2 Å². The van der Waals surface area contributed by atoms with Crippen molar-refractivity contribution in [2.45, 2.75) is 25.7 Å². The minimum Gasteiger partial charge on any atom is -0.398 e. The minimum absolute atomic E-state index is 0.716. The van der Waals surface area contributed by atoms with Crippen LogP contribution >= 0.6 is 11.8 Å². The lowest BCUT2D eigenvalue weighted by atomic mass is 10.2. The molecule has 0 aromatic heterocycles. The molecule has 2 N–H and O–H groups in total. The number of hydrogen-bond donors (Lipinski definition) is 1. The summed E-state index contributed by atoms with van der Waals surface area (Å²) in [5, 5.41) is 0. The molecule has 0 amide bonds. The zero-order valence-electron chi connectivity index (χ0n) is 10.7. The third kappa shape index (κ3) is 3.82. The van der Waals surface area contributed by atoms with Gasteiger partial charge in [-0.15, -0.1) is 0 Å². The van der Waals surface area contributed by atoms with Crippen LogP contribution in [0.25, 0.3) is 0 Å². The Kier molecular flexibility index (Phi) is 5.11. The Labute approximate surface area is 108 Å². The molecule has 0 aliphatic heterocycles. The largest absolute Gasteiger partial charge is 0.398 e. The zero-order valence-corrected chi connectivity index (χ0v) is 11.5. The van der Waals surface area contributed by atoms with E-state index in [9.17, 15) is 0 Å². The summed E-state index contributed by atoms with van der Waals surface area (Å²) in [5.74, 6) is 0. The van der Waals surface area contributed by atoms with Crippen LogP contribution in [0.1, 0.15) is 18.1 Å². The van der Waals surface area contributed by atoms with Crippen LogP contribution in [0.2, 0.25) is 0 Å².